The van der Waals surface area contributed by atoms with Crippen LogP contribution in [-0.4, -0.2) is 30.9 Å². The van der Waals surface area contributed by atoms with E-state index in [-0.39, 0.29) is 19.0 Å². The summed E-state index contributed by atoms with van der Waals surface area (Å²) in [5, 5.41) is 8.31. The minimum atomic E-state index is -2.25. The van der Waals surface area contributed by atoms with Gasteiger partial charge in [-0.3, -0.25) is 4.21 Å². The maximum atomic E-state index is 10.5. The Morgan fingerprint density at radius 1 is 1.21 bits per heavy atom. The molecule has 3 rings (SSSR count). The number of methoxy groups -OCH3 is 1. The Hall–Kier alpha value is -2.00. The van der Waals surface area contributed by atoms with Gasteiger partial charge in [0.1, 0.15) is 11.3 Å². The number of hydrogen-bond donors (Lipinski definition) is 1. The average Bonchev–Trinajstić information content (AvgIpc) is 2.96. The highest BCUT2D eigenvalue weighted by Crippen LogP contribution is 2.19. The van der Waals surface area contributed by atoms with Gasteiger partial charge in [-0.15, -0.1) is 17.5 Å². The Labute approximate surface area is 147 Å². The van der Waals surface area contributed by atoms with Crippen LogP contribution in [0.4, 0.5) is 0 Å². The van der Waals surface area contributed by atoms with Gasteiger partial charge < -0.3 is 9.29 Å². The number of nitrogens with one attached hydrogen (secondary N) is 1. The van der Waals surface area contributed by atoms with E-state index in [1.165, 1.54) is 0 Å². The monoisotopic (exact) mass is 367 g/mol. The molecule has 2 aromatic carbocycles. The molecule has 0 aliphatic rings. The first-order valence-corrected chi connectivity index (χ1v) is 8.01. The van der Waals surface area contributed by atoms with Crippen molar-refractivity contribution in [2.45, 2.75) is 13.1 Å². The molecule has 1 aromatic heterocycles. The lowest BCUT2D eigenvalue weighted by Gasteiger charge is -2.08. The van der Waals surface area contributed by atoms with Crippen LogP contribution < -0.4 is 9.46 Å². The maximum Gasteiger partial charge on any atom is 0.121 e. The molecule has 0 spiro atoms. The zero-order valence-electron chi connectivity index (χ0n) is 12.8. The van der Waals surface area contributed by atoms with Crippen LogP contribution in [0.5, 0.6) is 5.75 Å². The summed E-state index contributed by atoms with van der Waals surface area (Å²) in [4.78, 5) is 0. The van der Waals surface area contributed by atoms with Crippen molar-refractivity contribution >= 4 is 34.7 Å². The molecule has 0 fully saturated rings. The molecule has 1 N–H and O–H groups in total. The summed E-state index contributed by atoms with van der Waals surface area (Å²) in [7, 11) is 1.62. The van der Waals surface area contributed by atoms with E-state index in [1.54, 1.807) is 7.11 Å². The third-order valence-electron chi connectivity index (χ3n) is 3.47. The van der Waals surface area contributed by atoms with Gasteiger partial charge in [-0.05, 0) is 23.3 Å². The number of rotatable bonds is 6. The fraction of sp³-hybridized carbons (Fsp3) is 0.200. The van der Waals surface area contributed by atoms with E-state index in [4.69, 9.17) is 4.74 Å². The number of aromatic nitrogens is 3. The van der Waals surface area contributed by atoms with Crippen molar-refractivity contribution in [1.29, 1.82) is 0 Å². The van der Waals surface area contributed by atoms with Gasteiger partial charge in [-0.1, -0.05) is 29.5 Å². The summed E-state index contributed by atoms with van der Waals surface area (Å²) in [6.45, 7) is 0.868. The molecule has 7 nitrogen and oxygen atoms in total. The predicted octanol–water partition coefficient (Wildman–Crippen LogP) is 1.79. The minimum Gasteiger partial charge on any atom is -0.760 e. The lowest BCUT2D eigenvalue weighted by atomic mass is 10.1. The molecule has 1 heterocycles. The first kappa shape index (κ1) is 18.3. The summed E-state index contributed by atoms with van der Waals surface area (Å²) in [6, 6.07) is 13.3. The molecule has 9 heteroatoms. The van der Waals surface area contributed by atoms with Crippen molar-refractivity contribution in [3.05, 3.63) is 53.6 Å². The van der Waals surface area contributed by atoms with Gasteiger partial charge in [0, 0.05) is 23.9 Å². The Kier molecular flexibility index (Phi) is 6.27. The first-order chi connectivity index (χ1) is 11.2. The van der Waals surface area contributed by atoms with E-state index in [1.807, 2.05) is 47.1 Å². The van der Waals surface area contributed by atoms with Gasteiger partial charge in [0.15, 0.2) is 0 Å². The topological polar surface area (TPSA) is 92.1 Å². The van der Waals surface area contributed by atoms with E-state index in [2.05, 4.69) is 15.0 Å². The second kappa shape index (κ2) is 8.20. The predicted molar refractivity (Wildman–Crippen MR) is 92.6 cm³/mol. The normalized spacial score (nSPS) is 11.9. The molecule has 3 aromatic rings. The van der Waals surface area contributed by atoms with Crippen molar-refractivity contribution in [3.8, 4) is 5.75 Å². The van der Waals surface area contributed by atoms with E-state index in [0.717, 1.165) is 27.9 Å². The molecule has 0 radical (unpaired) electrons. The molecule has 0 bridgehead atoms. The van der Waals surface area contributed by atoms with E-state index < -0.39 is 11.3 Å². The molecular weight excluding hydrogens is 352 g/mol. The molecule has 0 amide bonds. The third-order valence-corrected chi connectivity index (χ3v) is 3.85. The fourth-order valence-corrected chi connectivity index (χ4v) is 2.56. The maximum absolute atomic E-state index is 10.5. The third kappa shape index (κ3) is 4.30. The Bertz CT molecular complexity index is 838. The van der Waals surface area contributed by atoms with Crippen molar-refractivity contribution in [3.63, 3.8) is 0 Å². The van der Waals surface area contributed by atoms with Gasteiger partial charge >= 0.3 is 0 Å². The Morgan fingerprint density at radius 3 is 2.58 bits per heavy atom. The largest absolute Gasteiger partial charge is 0.760 e. The zero-order valence-corrected chi connectivity index (χ0v) is 14.5. The van der Waals surface area contributed by atoms with Crippen molar-refractivity contribution in [1.82, 2.24) is 19.7 Å². The number of ether oxygens (including phenoxy) is 1. The van der Waals surface area contributed by atoms with Crippen molar-refractivity contribution in [2.75, 3.05) is 7.11 Å². The molecular formula is C15H16ClN4O3S-. The summed E-state index contributed by atoms with van der Waals surface area (Å²) in [5.41, 5.74) is 3.66. The van der Waals surface area contributed by atoms with E-state index in [0.29, 0.717) is 6.54 Å². The van der Waals surface area contributed by atoms with Crippen LogP contribution in [0.3, 0.4) is 0 Å². The Morgan fingerprint density at radius 2 is 1.92 bits per heavy atom. The number of halogens is 1. The van der Waals surface area contributed by atoms with Gasteiger partial charge in [0.2, 0.25) is 0 Å². The summed E-state index contributed by atoms with van der Waals surface area (Å²) in [5.74, 6) is 0.747. The first-order valence-electron chi connectivity index (χ1n) is 6.93. The molecule has 1 atom stereocenters. The SMILES string of the molecule is COc1ccc2c(c1)nnn2Cc1ccc(CNS(=O)[O-])cc1.Cl. The van der Waals surface area contributed by atoms with Crippen LogP contribution in [0, 0.1) is 0 Å². The number of nitrogens with zero attached hydrogens (tertiary/aromatic N) is 3. The number of hydrogen-bond acceptors (Lipinski definition) is 5. The molecule has 128 valence electrons. The van der Waals surface area contributed by atoms with Crippen LogP contribution in [0.25, 0.3) is 11.0 Å². The standard InChI is InChI=1S/C15H16N4O3S.ClH/c1-22-13-6-7-15-14(8-13)17-18-19(15)10-12-4-2-11(3-5-12)9-16-23(20)21;/h2-8,16H,9-10H2,1H3,(H,20,21);1H/p-1. The molecule has 1 unspecified atom stereocenters. The fourth-order valence-electron chi connectivity index (χ4n) is 2.27. The highest BCUT2D eigenvalue weighted by atomic mass is 35.5. The van der Waals surface area contributed by atoms with Gasteiger partial charge in [0.25, 0.3) is 0 Å². The highest BCUT2D eigenvalue weighted by Gasteiger charge is 2.06. The van der Waals surface area contributed by atoms with Crippen LogP contribution in [0.1, 0.15) is 11.1 Å². The molecule has 0 aliphatic heterocycles. The van der Waals surface area contributed by atoms with Gasteiger partial charge in [0.05, 0.1) is 19.2 Å². The van der Waals surface area contributed by atoms with Gasteiger partial charge in [-0.25, -0.2) is 9.40 Å². The number of fused-ring (bicyclic) bond motifs is 1. The average molecular weight is 368 g/mol. The smallest absolute Gasteiger partial charge is 0.121 e. The minimum absolute atomic E-state index is 0. The molecule has 24 heavy (non-hydrogen) atoms. The van der Waals surface area contributed by atoms with E-state index in [9.17, 15) is 8.76 Å². The quantitative estimate of drug-likeness (QED) is 0.670. The van der Waals surface area contributed by atoms with E-state index >= 15 is 0 Å². The second-order valence-corrected chi connectivity index (χ2v) is 5.73. The summed E-state index contributed by atoms with van der Waals surface area (Å²) < 4.78 is 30.3. The molecule has 0 saturated carbocycles. The van der Waals surface area contributed by atoms with Crippen LogP contribution >= 0.6 is 12.4 Å². The summed E-state index contributed by atoms with van der Waals surface area (Å²) in [6.07, 6.45) is 0. The lowest BCUT2D eigenvalue weighted by molar-refractivity contribution is 0.415. The Balaban J connectivity index is 0.00000208. The van der Waals surface area contributed by atoms with Crippen molar-refractivity contribution < 1.29 is 13.5 Å². The highest BCUT2D eigenvalue weighted by molar-refractivity contribution is 7.77. The number of benzene rings is 2. The van der Waals surface area contributed by atoms with Gasteiger partial charge in [-0.2, -0.15) is 0 Å². The van der Waals surface area contributed by atoms with Crippen LogP contribution in [0.2, 0.25) is 0 Å². The summed E-state index contributed by atoms with van der Waals surface area (Å²) >= 11 is -2.25. The molecule has 0 saturated heterocycles. The zero-order chi connectivity index (χ0) is 16.2. The van der Waals surface area contributed by atoms with Crippen LogP contribution in [0.15, 0.2) is 42.5 Å². The lowest BCUT2D eigenvalue weighted by Crippen LogP contribution is -2.15. The second-order valence-electron chi connectivity index (χ2n) is 4.97. The van der Waals surface area contributed by atoms with Crippen LogP contribution in [-0.2, 0) is 24.4 Å². The van der Waals surface area contributed by atoms with Crippen molar-refractivity contribution in [2.24, 2.45) is 0 Å². The molecule has 0 aliphatic carbocycles.